The summed E-state index contributed by atoms with van der Waals surface area (Å²) in [5, 5.41) is 11.1. The van der Waals surface area contributed by atoms with Crippen molar-refractivity contribution in [2.75, 3.05) is 5.75 Å². The second kappa shape index (κ2) is 4.14. The van der Waals surface area contributed by atoms with Crippen molar-refractivity contribution in [1.82, 2.24) is 4.72 Å². The summed E-state index contributed by atoms with van der Waals surface area (Å²) in [6, 6.07) is -0.663. The van der Waals surface area contributed by atoms with Gasteiger partial charge in [0.05, 0.1) is 11.8 Å². The van der Waals surface area contributed by atoms with Gasteiger partial charge < -0.3 is 10.9 Å². The Morgan fingerprint density at radius 1 is 1.71 bits per heavy atom. The van der Waals surface area contributed by atoms with Gasteiger partial charge in [-0.3, -0.25) is 0 Å². The molecule has 0 aliphatic heterocycles. The summed E-state index contributed by atoms with van der Waals surface area (Å²) < 4.78 is 25.2. The van der Waals surface area contributed by atoms with Crippen molar-refractivity contribution in [2.24, 2.45) is 16.8 Å². The van der Waals surface area contributed by atoms with Crippen LogP contribution in [-0.4, -0.2) is 31.3 Å². The monoisotopic (exact) mass is 221 g/mol. The Hall–Kier alpha value is -0.820. The van der Waals surface area contributed by atoms with Gasteiger partial charge in [0.25, 0.3) is 0 Å². The maximum Gasteiger partial charge on any atom is 0.212 e. The molecule has 0 radical (unpaired) electrons. The van der Waals surface area contributed by atoms with Gasteiger partial charge in [-0.05, 0) is 25.7 Å². The Bertz CT molecular complexity index is 321. The Balaban J connectivity index is 2.48. The number of nitrogens with two attached hydrogens (primary N) is 1. The minimum Gasteiger partial charge on any atom is -0.409 e. The molecular weight excluding hydrogens is 206 g/mol. The predicted octanol–water partition coefficient (Wildman–Crippen LogP) is -0.549. The molecule has 4 N–H and O–H groups in total. The van der Waals surface area contributed by atoms with E-state index in [1.54, 1.807) is 0 Å². The normalized spacial score (nSPS) is 20.8. The molecule has 1 fully saturated rings. The van der Waals surface area contributed by atoms with Crippen molar-refractivity contribution in [3.63, 3.8) is 0 Å². The zero-order valence-corrected chi connectivity index (χ0v) is 8.79. The van der Waals surface area contributed by atoms with Crippen LogP contribution < -0.4 is 10.5 Å². The summed E-state index contributed by atoms with van der Waals surface area (Å²) in [7, 11) is -3.29. The van der Waals surface area contributed by atoms with E-state index in [9.17, 15) is 8.42 Å². The smallest absolute Gasteiger partial charge is 0.212 e. The molecule has 1 unspecified atom stereocenters. The van der Waals surface area contributed by atoms with Gasteiger partial charge in [-0.25, -0.2) is 13.1 Å². The Kier molecular flexibility index (Phi) is 3.33. The first kappa shape index (κ1) is 11.3. The number of nitrogens with one attached hydrogen (secondary N) is 1. The van der Waals surface area contributed by atoms with Gasteiger partial charge in [0.2, 0.25) is 10.0 Å². The van der Waals surface area contributed by atoms with E-state index in [-0.39, 0.29) is 17.5 Å². The fourth-order valence-corrected chi connectivity index (χ4v) is 2.77. The van der Waals surface area contributed by atoms with Gasteiger partial charge in [0.1, 0.15) is 0 Å². The fraction of sp³-hybridized carbons (Fsp3) is 0.857. The Labute approximate surface area is 83.2 Å². The first-order valence-electron chi connectivity index (χ1n) is 4.42. The van der Waals surface area contributed by atoms with Gasteiger partial charge in [-0.15, -0.1) is 0 Å². The van der Waals surface area contributed by atoms with Crippen LogP contribution in [0.2, 0.25) is 0 Å². The van der Waals surface area contributed by atoms with Gasteiger partial charge in [0, 0.05) is 0 Å². The molecule has 0 aromatic heterocycles. The summed E-state index contributed by atoms with van der Waals surface area (Å²) in [5.74, 6) is 0.284. The number of nitrogens with zero attached hydrogens (tertiary/aromatic N) is 1. The van der Waals surface area contributed by atoms with Crippen LogP contribution in [0.25, 0.3) is 0 Å². The maximum absolute atomic E-state index is 11.4. The highest BCUT2D eigenvalue weighted by atomic mass is 32.2. The summed E-state index contributed by atoms with van der Waals surface area (Å²) in [6.07, 6.45) is 1.94. The molecule has 0 amide bonds. The molecule has 0 heterocycles. The van der Waals surface area contributed by atoms with Crippen LogP contribution in [0.3, 0.4) is 0 Å². The first-order chi connectivity index (χ1) is 6.44. The maximum atomic E-state index is 11.4. The molecular formula is C7H15N3O3S. The van der Waals surface area contributed by atoms with E-state index >= 15 is 0 Å². The van der Waals surface area contributed by atoms with Crippen LogP contribution in [0.1, 0.15) is 19.8 Å². The first-order valence-corrected chi connectivity index (χ1v) is 6.07. The highest BCUT2D eigenvalue weighted by Crippen LogP contribution is 2.29. The van der Waals surface area contributed by atoms with Crippen molar-refractivity contribution in [3.05, 3.63) is 0 Å². The van der Waals surface area contributed by atoms with Crippen molar-refractivity contribution in [3.8, 4) is 0 Å². The summed E-state index contributed by atoms with van der Waals surface area (Å²) >= 11 is 0. The van der Waals surface area contributed by atoms with Gasteiger partial charge in [-0.1, -0.05) is 5.16 Å². The summed E-state index contributed by atoms with van der Waals surface area (Å²) in [4.78, 5) is 0. The second-order valence-electron chi connectivity index (χ2n) is 3.59. The SMILES string of the molecule is CC(NS(=O)(=O)CC1CC1)C(N)=NO. The highest BCUT2D eigenvalue weighted by Gasteiger charge is 2.29. The minimum atomic E-state index is -3.29. The van der Waals surface area contributed by atoms with Crippen LogP contribution >= 0.6 is 0 Å². The van der Waals surface area contributed by atoms with Crippen LogP contribution in [0, 0.1) is 5.92 Å². The van der Waals surface area contributed by atoms with Crippen LogP contribution in [0.15, 0.2) is 5.16 Å². The summed E-state index contributed by atoms with van der Waals surface area (Å²) in [5.41, 5.74) is 5.24. The quantitative estimate of drug-likeness (QED) is 0.251. The lowest BCUT2D eigenvalue weighted by atomic mass is 10.3. The summed E-state index contributed by atoms with van der Waals surface area (Å²) in [6.45, 7) is 1.53. The molecule has 82 valence electrons. The molecule has 0 saturated heterocycles. The molecule has 0 bridgehead atoms. The van der Waals surface area contributed by atoms with E-state index < -0.39 is 16.1 Å². The second-order valence-corrected chi connectivity index (χ2v) is 5.39. The molecule has 1 rings (SSSR count). The van der Waals surface area contributed by atoms with Crippen molar-refractivity contribution >= 4 is 15.9 Å². The molecule has 6 nitrogen and oxygen atoms in total. The largest absolute Gasteiger partial charge is 0.409 e. The zero-order chi connectivity index (χ0) is 10.8. The van der Waals surface area contributed by atoms with Crippen LogP contribution in [0.4, 0.5) is 0 Å². The molecule has 0 aromatic carbocycles. The van der Waals surface area contributed by atoms with E-state index in [0.717, 1.165) is 12.8 Å². The third kappa shape index (κ3) is 3.51. The molecule has 7 heteroatoms. The van der Waals surface area contributed by atoms with E-state index in [4.69, 9.17) is 10.9 Å². The third-order valence-corrected chi connectivity index (χ3v) is 3.69. The molecule has 0 aromatic rings. The third-order valence-electron chi connectivity index (χ3n) is 2.07. The number of amidine groups is 1. The Morgan fingerprint density at radius 3 is 2.71 bits per heavy atom. The van der Waals surface area contributed by atoms with Gasteiger partial charge in [0.15, 0.2) is 5.84 Å². The van der Waals surface area contributed by atoms with E-state index in [0.29, 0.717) is 0 Å². The average molecular weight is 221 g/mol. The van der Waals surface area contributed by atoms with Gasteiger partial charge >= 0.3 is 0 Å². The molecule has 14 heavy (non-hydrogen) atoms. The minimum absolute atomic E-state index is 0.135. The molecule has 1 saturated carbocycles. The van der Waals surface area contributed by atoms with Crippen LogP contribution in [0.5, 0.6) is 0 Å². The van der Waals surface area contributed by atoms with E-state index in [1.807, 2.05) is 0 Å². The number of oxime groups is 1. The number of sulfonamides is 1. The van der Waals surface area contributed by atoms with E-state index in [1.165, 1.54) is 6.92 Å². The molecule has 1 aliphatic rings. The molecule has 0 spiro atoms. The van der Waals surface area contributed by atoms with Gasteiger partial charge in [-0.2, -0.15) is 0 Å². The molecule has 1 aliphatic carbocycles. The lowest BCUT2D eigenvalue weighted by Crippen LogP contribution is -2.43. The van der Waals surface area contributed by atoms with Crippen molar-refractivity contribution < 1.29 is 13.6 Å². The molecule has 1 atom stereocenters. The standard InChI is InChI=1S/C7H15N3O3S/c1-5(7(8)9-11)10-14(12,13)4-6-2-3-6/h5-6,10-11H,2-4H2,1H3,(H2,8,9). The van der Waals surface area contributed by atoms with E-state index in [2.05, 4.69) is 9.88 Å². The lowest BCUT2D eigenvalue weighted by molar-refractivity contribution is 0.316. The van der Waals surface area contributed by atoms with Crippen molar-refractivity contribution in [1.29, 1.82) is 0 Å². The topological polar surface area (TPSA) is 105 Å². The number of rotatable bonds is 5. The number of hydrogen-bond donors (Lipinski definition) is 3. The predicted molar refractivity (Wildman–Crippen MR) is 52.5 cm³/mol. The number of hydrogen-bond acceptors (Lipinski definition) is 4. The Morgan fingerprint density at radius 2 is 2.29 bits per heavy atom. The highest BCUT2D eigenvalue weighted by molar-refractivity contribution is 7.89. The van der Waals surface area contributed by atoms with Crippen molar-refractivity contribution in [2.45, 2.75) is 25.8 Å². The van der Waals surface area contributed by atoms with Crippen LogP contribution in [-0.2, 0) is 10.0 Å². The average Bonchev–Trinajstić information content (AvgIpc) is 2.84. The lowest BCUT2D eigenvalue weighted by Gasteiger charge is -2.11. The fourth-order valence-electron chi connectivity index (χ4n) is 1.06. The zero-order valence-electron chi connectivity index (χ0n) is 7.97.